The summed E-state index contributed by atoms with van der Waals surface area (Å²) in [5.41, 5.74) is 1.32. The lowest BCUT2D eigenvalue weighted by Crippen LogP contribution is -2.48. The molecule has 2 aromatic rings. The molecular weight excluding hydrogens is 326 g/mol. The Hall–Kier alpha value is -2.33. The summed E-state index contributed by atoms with van der Waals surface area (Å²) in [4.78, 5) is 26.8. The van der Waals surface area contributed by atoms with E-state index in [1.165, 1.54) is 0 Å². The highest BCUT2D eigenvalue weighted by Crippen LogP contribution is 2.43. The Kier molecular flexibility index (Phi) is 3.57. The summed E-state index contributed by atoms with van der Waals surface area (Å²) in [5.74, 6) is -0.389. The van der Waals surface area contributed by atoms with Crippen molar-refractivity contribution in [3.05, 3.63) is 70.2 Å². The van der Waals surface area contributed by atoms with Gasteiger partial charge in [0.25, 0.3) is 5.91 Å². The van der Waals surface area contributed by atoms with Gasteiger partial charge in [-0.1, -0.05) is 35.9 Å². The van der Waals surface area contributed by atoms with Gasteiger partial charge in [-0.05, 0) is 37.1 Å². The quantitative estimate of drug-likeness (QED) is 0.744. The Bertz CT molecular complexity index is 835. The second-order valence-electron chi connectivity index (χ2n) is 6.27. The van der Waals surface area contributed by atoms with Crippen molar-refractivity contribution in [1.29, 1.82) is 0 Å². The van der Waals surface area contributed by atoms with Crippen molar-refractivity contribution < 1.29 is 14.3 Å². The topological polar surface area (TPSA) is 46.6 Å². The lowest BCUT2D eigenvalue weighted by molar-refractivity contribution is -0.0442. The Labute approximate surface area is 145 Å². The standard InChI is InChI=1S/C19H16ClNO3/c20-14-6-3-5-13(11-14)17(22)21-10-4-9-19(12-21)16-8-2-1-7-15(16)18(23)24-19/h1-3,5-8,11H,4,9-10,12H2/t19-/m0/s1. The van der Waals surface area contributed by atoms with E-state index >= 15 is 0 Å². The van der Waals surface area contributed by atoms with Gasteiger partial charge in [0, 0.05) is 22.7 Å². The fourth-order valence-corrected chi connectivity index (χ4v) is 3.84. The van der Waals surface area contributed by atoms with Crippen LogP contribution in [0, 0.1) is 0 Å². The van der Waals surface area contributed by atoms with Gasteiger partial charge in [0.1, 0.15) is 0 Å². The lowest BCUT2D eigenvalue weighted by Gasteiger charge is -2.39. The molecule has 1 saturated heterocycles. The molecule has 4 rings (SSSR count). The maximum Gasteiger partial charge on any atom is 0.339 e. The van der Waals surface area contributed by atoms with E-state index in [2.05, 4.69) is 0 Å². The van der Waals surface area contributed by atoms with Gasteiger partial charge in [-0.15, -0.1) is 0 Å². The highest BCUT2D eigenvalue weighted by atomic mass is 35.5. The van der Waals surface area contributed by atoms with E-state index in [1.54, 1.807) is 35.2 Å². The number of halogens is 1. The predicted octanol–water partition coefficient (Wildman–Crippen LogP) is 3.64. The number of esters is 1. The van der Waals surface area contributed by atoms with Gasteiger partial charge in [-0.25, -0.2) is 4.79 Å². The average Bonchev–Trinajstić information content (AvgIpc) is 2.86. The number of likely N-dealkylation sites (tertiary alicyclic amines) is 1. The number of carbonyl (C=O) groups excluding carboxylic acids is 2. The predicted molar refractivity (Wildman–Crippen MR) is 90.1 cm³/mol. The first-order chi connectivity index (χ1) is 11.6. The minimum absolute atomic E-state index is 0.0861. The van der Waals surface area contributed by atoms with Crippen LogP contribution in [0.25, 0.3) is 0 Å². The van der Waals surface area contributed by atoms with Crippen molar-refractivity contribution in [3.8, 4) is 0 Å². The van der Waals surface area contributed by atoms with Crippen LogP contribution in [0.3, 0.4) is 0 Å². The minimum Gasteiger partial charge on any atom is -0.449 e. The van der Waals surface area contributed by atoms with Crippen LogP contribution >= 0.6 is 11.6 Å². The zero-order chi connectivity index (χ0) is 16.7. The second kappa shape index (κ2) is 5.64. The van der Waals surface area contributed by atoms with E-state index in [0.29, 0.717) is 29.2 Å². The van der Waals surface area contributed by atoms with Crippen molar-refractivity contribution in [1.82, 2.24) is 4.90 Å². The van der Waals surface area contributed by atoms with Crippen LogP contribution in [-0.4, -0.2) is 29.9 Å². The molecule has 1 amide bonds. The van der Waals surface area contributed by atoms with Crippen LogP contribution in [0.2, 0.25) is 5.02 Å². The summed E-state index contributed by atoms with van der Waals surface area (Å²) in [5, 5.41) is 0.533. The van der Waals surface area contributed by atoms with E-state index in [0.717, 1.165) is 18.4 Å². The first-order valence-electron chi connectivity index (χ1n) is 7.97. The van der Waals surface area contributed by atoms with Crippen molar-refractivity contribution in [2.24, 2.45) is 0 Å². The molecule has 0 aromatic heterocycles. The lowest BCUT2D eigenvalue weighted by atomic mass is 9.85. The third-order valence-corrected chi connectivity index (χ3v) is 4.97. The molecule has 2 heterocycles. The zero-order valence-electron chi connectivity index (χ0n) is 13.0. The highest BCUT2D eigenvalue weighted by molar-refractivity contribution is 6.30. The molecule has 0 bridgehead atoms. The van der Waals surface area contributed by atoms with Gasteiger partial charge >= 0.3 is 5.97 Å². The van der Waals surface area contributed by atoms with Gasteiger partial charge in [0.2, 0.25) is 0 Å². The molecule has 0 N–H and O–H groups in total. The van der Waals surface area contributed by atoms with E-state index < -0.39 is 5.60 Å². The van der Waals surface area contributed by atoms with Gasteiger partial charge in [-0.3, -0.25) is 4.79 Å². The summed E-state index contributed by atoms with van der Waals surface area (Å²) in [7, 11) is 0. The Balaban J connectivity index is 1.65. The van der Waals surface area contributed by atoms with Crippen molar-refractivity contribution in [3.63, 3.8) is 0 Å². The van der Waals surface area contributed by atoms with E-state index in [1.807, 2.05) is 18.2 Å². The SMILES string of the molecule is O=C1O[C@]2(CCCN(C(=O)c3cccc(Cl)c3)C2)c2ccccc21. The van der Waals surface area contributed by atoms with Crippen LogP contribution < -0.4 is 0 Å². The number of hydrogen-bond donors (Lipinski definition) is 0. The number of rotatable bonds is 1. The van der Waals surface area contributed by atoms with Crippen molar-refractivity contribution in [2.75, 3.05) is 13.1 Å². The normalized spacial score (nSPS) is 22.4. The number of nitrogens with zero attached hydrogens (tertiary/aromatic N) is 1. The zero-order valence-corrected chi connectivity index (χ0v) is 13.8. The van der Waals surface area contributed by atoms with E-state index in [4.69, 9.17) is 16.3 Å². The largest absolute Gasteiger partial charge is 0.449 e. The second-order valence-corrected chi connectivity index (χ2v) is 6.71. The molecule has 0 unspecified atom stereocenters. The summed E-state index contributed by atoms with van der Waals surface area (Å²) in [6, 6.07) is 14.4. The summed E-state index contributed by atoms with van der Waals surface area (Å²) in [6.45, 7) is 1.02. The maximum absolute atomic E-state index is 12.8. The smallest absolute Gasteiger partial charge is 0.339 e. The van der Waals surface area contributed by atoms with Crippen LogP contribution in [0.4, 0.5) is 0 Å². The molecule has 2 aromatic carbocycles. The third-order valence-electron chi connectivity index (χ3n) is 4.74. The maximum atomic E-state index is 12.8. The number of amides is 1. The van der Waals surface area contributed by atoms with Gasteiger partial charge in [-0.2, -0.15) is 0 Å². The van der Waals surface area contributed by atoms with Crippen LogP contribution in [0.1, 0.15) is 39.1 Å². The minimum atomic E-state index is -0.722. The van der Waals surface area contributed by atoms with Gasteiger partial charge in [0.05, 0.1) is 12.1 Å². The molecule has 5 heteroatoms. The Morgan fingerprint density at radius 3 is 2.83 bits per heavy atom. The number of piperidine rings is 1. The van der Waals surface area contributed by atoms with Gasteiger partial charge < -0.3 is 9.64 Å². The monoisotopic (exact) mass is 341 g/mol. The molecule has 2 aliphatic rings. The molecule has 2 aliphatic heterocycles. The van der Waals surface area contributed by atoms with Crippen LogP contribution in [-0.2, 0) is 10.3 Å². The van der Waals surface area contributed by atoms with Crippen LogP contribution in [0.15, 0.2) is 48.5 Å². The average molecular weight is 342 g/mol. The molecule has 24 heavy (non-hydrogen) atoms. The number of carbonyl (C=O) groups is 2. The van der Waals surface area contributed by atoms with Crippen molar-refractivity contribution >= 4 is 23.5 Å². The van der Waals surface area contributed by atoms with Crippen LogP contribution in [0.5, 0.6) is 0 Å². The van der Waals surface area contributed by atoms with E-state index in [-0.39, 0.29) is 11.9 Å². The Morgan fingerprint density at radius 1 is 1.17 bits per heavy atom. The number of benzene rings is 2. The summed E-state index contributed by atoms with van der Waals surface area (Å²) >= 11 is 5.99. The first kappa shape index (κ1) is 15.2. The molecule has 1 spiro atoms. The molecule has 1 fully saturated rings. The summed E-state index contributed by atoms with van der Waals surface area (Å²) < 4.78 is 5.74. The highest BCUT2D eigenvalue weighted by Gasteiger charge is 2.48. The number of hydrogen-bond acceptors (Lipinski definition) is 3. The molecule has 0 saturated carbocycles. The fourth-order valence-electron chi connectivity index (χ4n) is 3.65. The van der Waals surface area contributed by atoms with Gasteiger partial charge in [0.15, 0.2) is 5.60 Å². The van der Waals surface area contributed by atoms with E-state index in [9.17, 15) is 9.59 Å². The van der Waals surface area contributed by atoms with Crippen molar-refractivity contribution in [2.45, 2.75) is 18.4 Å². The molecule has 0 radical (unpaired) electrons. The molecular formula is C19H16ClNO3. The molecule has 122 valence electrons. The number of ether oxygens (including phenoxy) is 1. The Morgan fingerprint density at radius 2 is 2.00 bits per heavy atom. The summed E-state index contributed by atoms with van der Waals surface area (Å²) in [6.07, 6.45) is 1.52. The molecule has 4 nitrogen and oxygen atoms in total. The molecule has 1 atom stereocenters. The molecule has 0 aliphatic carbocycles. The number of fused-ring (bicyclic) bond motifs is 2. The first-order valence-corrected chi connectivity index (χ1v) is 8.35. The fraction of sp³-hybridized carbons (Fsp3) is 0.263. The third kappa shape index (κ3) is 2.38.